The number of anilines is 3. The Labute approximate surface area is 149 Å². The van der Waals surface area contributed by atoms with Gasteiger partial charge in [-0.25, -0.2) is 14.7 Å². The maximum atomic E-state index is 11.9. The van der Waals surface area contributed by atoms with Gasteiger partial charge in [0.2, 0.25) is 5.95 Å². The van der Waals surface area contributed by atoms with Crippen molar-refractivity contribution >= 4 is 53.0 Å². The predicted molar refractivity (Wildman–Crippen MR) is 86.9 cm³/mol. The first-order valence-corrected chi connectivity index (χ1v) is 7.44. The lowest BCUT2D eigenvalue weighted by Crippen LogP contribution is -2.36. The van der Waals surface area contributed by atoms with Crippen LogP contribution in [-0.4, -0.2) is 45.4 Å². The Hall–Kier alpha value is -4.28. The van der Waals surface area contributed by atoms with Crippen LogP contribution in [0.25, 0.3) is 0 Å². The first kappa shape index (κ1) is 16.2. The molecule has 4 rings (SSSR count). The molecule has 3 aliphatic heterocycles. The summed E-state index contributed by atoms with van der Waals surface area (Å²) in [5.41, 5.74) is 0. The Balaban J connectivity index is 1.87. The Bertz CT molecular complexity index is 869. The van der Waals surface area contributed by atoms with Crippen molar-refractivity contribution < 1.29 is 28.8 Å². The molecule has 0 spiro atoms. The van der Waals surface area contributed by atoms with Crippen LogP contribution in [0.15, 0.2) is 42.5 Å². The van der Waals surface area contributed by atoms with E-state index in [0.29, 0.717) is 14.7 Å². The molecule has 0 aromatic carbocycles. The largest absolute Gasteiger partial charge is 0.269 e. The number of carbonyl (C=O) groups is 6. The first-order valence-electron chi connectivity index (χ1n) is 7.44. The number of hydrogen-bond donors (Lipinski definition) is 0. The van der Waals surface area contributed by atoms with Gasteiger partial charge in [0.15, 0.2) is 11.6 Å². The second-order valence-electron chi connectivity index (χ2n) is 5.42. The zero-order valence-electron chi connectivity index (χ0n) is 13.2. The van der Waals surface area contributed by atoms with Gasteiger partial charge in [0, 0.05) is 42.5 Å². The summed E-state index contributed by atoms with van der Waals surface area (Å²) in [5, 5.41) is 0. The fourth-order valence-corrected chi connectivity index (χ4v) is 2.59. The molecule has 0 saturated heterocycles. The third-order valence-electron chi connectivity index (χ3n) is 3.77. The van der Waals surface area contributed by atoms with Crippen molar-refractivity contribution in [3.63, 3.8) is 0 Å². The highest BCUT2D eigenvalue weighted by molar-refractivity contribution is 6.30. The number of amides is 6. The van der Waals surface area contributed by atoms with Crippen molar-refractivity contribution in [3.05, 3.63) is 42.5 Å². The molecular weight excluding hydrogens is 358 g/mol. The summed E-state index contributed by atoms with van der Waals surface area (Å²) in [7, 11) is 0. The standard InChI is InChI=1S/C16H7N5O6/c22-10-1-2-11(23)19(10)8-7-9(20-12(24)3-4-13(20)25)18-16(17-8)21-14(26)5-6-15(21)27/h1-7H. The molecule has 0 saturated carbocycles. The second-order valence-corrected chi connectivity index (χ2v) is 5.42. The van der Waals surface area contributed by atoms with Crippen LogP contribution >= 0.6 is 0 Å². The molecule has 132 valence electrons. The quantitative estimate of drug-likeness (QED) is 0.607. The zero-order chi connectivity index (χ0) is 19.3. The summed E-state index contributed by atoms with van der Waals surface area (Å²) in [4.78, 5) is 81.4. The average Bonchev–Trinajstić information content (AvgIpc) is 3.25. The second kappa shape index (κ2) is 5.62. The average molecular weight is 365 g/mol. The number of aromatic nitrogens is 2. The van der Waals surface area contributed by atoms with Crippen molar-refractivity contribution in [2.45, 2.75) is 0 Å². The van der Waals surface area contributed by atoms with Gasteiger partial charge in [0.05, 0.1) is 0 Å². The van der Waals surface area contributed by atoms with Crippen LogP contribution in [0.1, 0.15) is 0 Å². The third kappa shape index (κ3) is 2.45. The monoisotopic (exact) mass is 365 g/mol. The molecule has 4 heterocycles. The SMILES string of the molecule is O=C1C=CC(=O)N1c1cc(N2C(=O)C=CC2=O)nc(N2C(=O)C=CC2=O)n1. The number of hydrogen-bond acceptors (Lipinski definition) is 8. The zero-order valence-corrected chi connectivity index (χ0v) is 13.2. The Kier molecular flexibility index (Phi) is 3.37. The molecule has 11 heteroatoms. The summed E-state index contributed by atoms with van der Waals surface area (Å²) < 4.78 is 0. The number of rotatable bonds is 3. The molecule has 1 aromatic heterocycles. The van der Waals surface area contributed by atoms with Gasteiger partial charge in [-0.3, -0.25) is 28.8 Å². The molecule has 0 fully saturated rings. The van der Waals surface area contributed by atoms with Crippen LogP contribution in [0.3, 0.4) is 0 Å². The molecule has 0 radical (unpaired) electrons. The molecule has 27 heavy (non-hydrogen) atoms. The molecule has 0 atom stereocenters. The van der Waals surface area contributed by atoms with E-state index in [-0.39, 0.29) is 11.6 Å². The Morgan fingerprint density at radius 2 is 0.778 bits per heavy atom. The van der Waals surface area contributed by atoms with Crippen molar-refractivity contribution in [2.75, 3.05) is 14.7 Å². The van der Waals surface area contributed by atoms with E-state index in [0.717, 1.165) is 42.5 Å². The topological polar surface area (TPSA) is 138 Å². The van der Waals surface area contributed by atoms with Gasteiger partial charge in [0.25, 0.3) is 35.4 Å². The number of nitrogens with zero attached hydrogens (tertiary/aromatic N) is 5. The molecule has 1 aromatic rings. The smallest absolute Gasteiger partial charge is 0.260 e. The van der Waals surface area contributed by atoms with E-state index in [2.05, 4.69) is 9.97 Å². The van der Waals surface area contributed by atoms with Gasteiger partial charge in [-0.1, -0.05) is 0 Å². The maximum absolute atomic E-state index is 11.9. The first-order chi connectivity index (χ1) is 12.9. The molecule has 0 N–H and O–H groups in total. The van der Waals surface area contributed by atoms with Gasteiger partial charge < -0.3 is 0 Å². The van der Waals surface area contributed by atoms with E-state index in [1.165, 1.54) is 0 Å². The van der Waals surface area contributed by atoms with Crippen molar-refractivity contribution in [1.29, 1.82) is 0 Å². The Morgan fingerprint density at radius 3 is 1.11 bits per heavy atom. The van der Waals surface area contributed by atoms with Gasteiger partial charge in [-0.15, -0.1) is 0 Å². The van der Waals surface area contributed by atoms with Crippen LogP contribution in [0.2, 0.25) is 0 Å². The fourth-order valence-electron chi connectivity index (χ4n) is 2.59. The third-order valence-corrected chi connectivity index (χ3v) is 3.77. The van der Waals surface area contributed by atoms with Gasteiger partial charge >= 0.3 is 0 Å². The summed E-state index contributed by atoms with van der Waals surface area (Å²) in [5.74, 6) is -5.45. The lowest BCUT2D eigenvalue weighted by Gasteiger charge is -2.20. The maximum Gasteiger partial charge on any atom is 0.260 e. The summed E-state index contributed by atoms with van der Waals surface area (Å²) >= 11 is 0. The van der Waals surface area contributed by atoms with Crippen molar-refractivity contribution in [1.82, 2.24) is 9.97 Å². The van der Waals surface area contributed by atoms with Crippen molar-refractivity contribution in [2.24, 2.45) is 0 Å². The molecule has 0 unspecified atom stereocenters. The molecule has 3 aliphatic rings. The van der Waals surface area contributed by atoms with Gasteiger partial charge in [0.1, 0.15) is 0 Å². The van der Waals surface area contributed by atoms with E-state index in [1.54, 1.807) is 0 Å². The highest BCUT2D eigenvalue weighted by Gasteiger charge is 2.35. The minimum atomic E-state index is -0.752. The van der Waals surface area contributed by atoms with Crippen LogP contribution in [0.5, 0.6) is 0 Å². The van der Waals surface area contributed by atoms with Crippen LogP contribution in [0, 0.1) is 0 Å². The number of imide groups is 3. The Morgan fingerprint density at radius 1 is 0.481 bits per heavy atom. The molecule has 0 aliphatic carbocycles. The molecule has 0 bridgehead atoms. The minimum absolute atomic E-state index is 0.296. The normalized spacial score (nSPS) is 18.9. The molecular formula is C16H7N5O6. The predicted octanol–water partition coefficient (Wildman–Crippen LogP) is -1.24. The van der Waals surface area contributed by atoms with E-state index in [4.69, 9.17) is 0 Å². The van der Waals surface area contributed by atoms with Gasteiger partial charge in [-0.2, -0.15) is 9.97 Å². The number of carbonyl (C=O) groups excluding carboxylic acids is 6. The minimum Gasteiger partial charge on any atom is -0.269 e. The lowest BCUT2D eigenvalue weighted by atomic mass is 10.4. The fraction of sp³-hybridized carbons (Fsp3) is 0. The van der Waals surface area contributed by atoms with E-state index < -0.39 is 41.4 Å². The van der Waals surface area contributed by atoms with Crippen LogP contribution in [-0.2, 0) is 28.8 Å². The van der Waals surface area contributed by atoms with Crippen LogP contribution in [0.4, 0.5) is 17.6 Å². The summed E-state index contributed by atoms with van der Waals surface area (Å²) in [6.07, 6.45) is 5.99. The van der Waals surface area contributed by atoms with Gasteiger partial charge in [-0.05, 0) is 0 Å². The highest BCUT2D eigenvalue weighted by Crippen LogP contribution is 2.28. The molecule has 11 nitrogen and oxygen atoms in total. The van der Waals surface area contributed by atoms with E-state index >= 15 is 0 Å². The summed E-state index contributed by atoms with van der Waals surface area (Å²) in [6.45, 7) is 0. The van der Waals surface area contributed by atoms with Crippen molar-refractivity contribution in [3.8, 4) is 0 Å². The van der Waals surface area contributed by atoms with E-state index in [9.17, 15) is 28.8 Å². The van der Waals surface area contributed by atoms with E-state index in [1.807, 2.05) is 0 Å². The summed E-state index contributed by atoms with van der Waals surface area (Å²) in [6, 6.07) is 1.06. The molecule has 6 amide bonds. The highest BCUT2D eigenvalue weighted by atomic mass is 16.2. The van der Waals surface area contributed by atoms with Crippen LogP contribution < -0.4 is 14.7 Å². The lowest BCUT2D eigenvalue weighted by molar-refractivity contribution is -0.121.